The van der Waals surface area contributed by atoms with Crippen LogP contribution in [0.5, 0.6) is 5.75 Å². The van der Waals surface area contributed by atoms with Gasteiger partial charge in [-0.2, -0.15) is 0 Å². The van der Waals surface area contributed by atoms with Crippen molar-refractivity contribution in [1.29, 1.82) is 0 Å². The van der Waals surface area contributed by atoms with E-state index in [9.17, 15) is 14.7 Å². The van der Waals surface area contributed by atoms with Crippen LogP contribution >= 0.6 is 0 Å². The smallest absolute Gasteiger partial charge is 0.342 e. The van der Waals surface area contributed by atoms with E-state index in [1.165, 1.54) is 12.1 Å². The maximum atomic E-state index is 12.0. The van der Waals surface area contributed by atoms with Crippen molar-refractivity contribution in [3.05, 3.63) is 29.3 Å². The Morgan fingerprint density at radius 3 is 2.86 bits per heavy atom. The average molecular weight is 291 g/mol. The van der Waals surface area contributed by atoms with Gasteiger partial charge in [-0.3, -0.25) is 4.79 Å². The Bertz CT molecular complexity index is 541. The van der Waals surface area contributed by atoms with Gasteiger partial charge in [0.05, 0.1) is 0 Å². The van der Waals surface area contributed by atoms with Gasteiger partial charge in [0.2, 0.25) is 0 Å². The number of ether oxygens (including phenoxy) is 1. The maximum absolute atomic E-state index is 12.0. The molecule has 1 aromatic carbocycles. The largest absolute Gasteiger partial charge is 0.507 e. The second kappa shape index (κ2) is 6.61. The SMILES string of the molecule is Cc1ccc(C(=O)OCC(=O)N2CCC[C@H](C)C2)c(O)c1. The van der Waals surface area contributed by atoms with Gasteiger partial charge in [-0.1, -0.05) is 13.0 Å². The summed E-state index contributed by atoms with van der Waals surface area (Å²) < 4.78 is 5.01. The van der Waals surface area contributed by atoms with Gasteiger partial charge < -0.3 is 14.7 Å². The third kappa shape index (κ3) is 3.97. The van der Waals surface area contributed by atoms with Gasteiger partial charge in [0.15, 0.2) is 6.61 Å². The lowest BCUT2D eigenvalue weighted by Gasteiger charge is -2.30. The summed E-state index contributed by atoms with van der Waals surface area (Å²) in [5.74, 6) is -0.494. The summed E-state index contributed by atoms with van der Waals surface area (Å²) in [7, 11) is 0. The third-order valence-corrected chi connectivity index (χ3v) is 3.71. The number of phenols is 1. The first-order valence-electron chi connectivity index (χ1n) is 7.22. The molecule has 2 rings (SSSR count). The Kier molecular flexibility index (Phi) is 4.83. The van der Waals surface area contributed by atoms with Crippen molar-refractivity contribution in [3.63, 3.8) is 0 Å². The number of amides is 1. The molecule has 0 spiro atoms. The first-order valence-corrected chi connectivity index (χ1v) is 7.22. The first kappa shape index (κ1) is 15.4. The maximum Gasteiger partial charge on any atom is 0.342 e. The van der Waals surface area contributed by atoms with Crippen molar-refractivity contribution in [2.24, 2.45) is 5.92 Å². The number of aryl methyl sites for hydroxylation is 1. The van der Waals surface area contributed by atoms with Crippen LogP contribution in [0.1, 0.15) is 35.7 Å². The number of carbonyl (C=O) groups is 2. The summed E-state index contributed by atoms with van der Waals surface area (Å²) in [4.78, 5) is 25.6. The minimum absolute atomic E-state index is 0.0837. The molecule has 1 saturated heterocycles. The number of hydrogen-bond acceptors (Lipinski definition) is 4. The number of benzene rings is 1. The Labute approximate surface area is 124 Å². The number of phenolic OH excluding ortho intramolecular Hbond substituents is 1. The fourth-order valence-corrected chi connectivity index (χ4v) is 2.53. The van der Waals surface area contributed by atoms with E-state index in [0.717, 1.165) is 24.9 Å². The van der Waals surface area contributed by atoms with Crippen LogP contribution in [0.4, 0.5) is 0 Å². The van der Waals surface area contributed by atoms with Crippen LogP contribution in [0.25, 0.3) is 0 Å². The Morgan fingerprint density at radius 1 is 1.43 bits per heavy atom. The lowest BCUT2D eigenvalue weighted by atomic mass is 10.0. The van der Waals surface area contributed by atoms with E-state index in [2.05, 4.69) is 6.92 Å². The van der Waals surface area contributed by atoms with Crippen LogP contribution in [0.3, 0.4) is 0 Å². The molecule has 0 radical (unpaired) electrons. The minimum Gasteiger partial charge on any atom is -0.507 e. The Balaban J connectivity index is 1.90. The van der Waals surface area contributed by atoms with Crippen LogP contribution in [0.15, 0.2) is 18.2 Å². The molecule has 1 aliphatic heterocycles. The van der Waals surface area contributed by atoms with Crippen LogP contribution in [-0.4, -0.2) is 41.6 Å². The average Bonchev–Trinajstić information content (AvgIpc) is 2.44. The van der Waals surface area contributed by atoms with Gasteiger partial charge in [0, 0.05) is 13.1 Å². The molecule has 1 heterocycles. The summed E-state index contributed by atoms with van der Waals surface area (Å²) in [6.45, 7) is 5.08. The van der Waals surface area contributed by atoms with Crippen molar-refractivity contribution < 1.29 is 19.4 Å². The van der Waals surface area contributed by atoms with Crippen LogP contribution in [0, 0.1) is 12.8 Å². The van der Waals surface area contributed by atoms with E-state index in [4.69, 9.17) is 4.74 Å². The predicted molar refractivity (Wildman–Crippen MR) is 78.1 cm³/mol. The predicted octanol–water partition coefficient (Wildman–Crippen LogP) is 2.12. The fraction of sp³-hybridized carbons (Fsp3) is 0.500. The molecule has 1 atom stereocenters. The second-order valence-electron chi connectivity index (χ2n) is 5.68. The van der Waals surface area contributed by atoms with Crippen molar-refractivity contribution in [2.75, 3.05) is 19.7 Å². The molecule has 5 heteroatoms. The van der Waals surface area contributed by atoms with Crippen LogP contribution < -0.4 is 0 Å². The normalized spacial score (nSPS) is 18.4. The first-order chi connectivity index (χ1) is 9.97. The van der Waals surface area contributed by atoms with Crippen LogP contribution in [0.2, 0.25) is 0 Å². The van der Waals surface area contributed by atoms with E-state index in [1.807, 2.05) is 6.92 Å². The fourth-order valence-electron chi connectivity index (χ4n) is 2.53. The molecule has 1 fully saturated rings. The highest BCUT2D eigenvalue weighted by molar-refractivity contribution is 5.93. The molecule has 0 aromatic heterocycles. The molecule has 0 saturated carbocycles. The summed E-state index contributed by atoms with van der Waals surface area (Å²) in [6, 6.07) is 4.70. The van der Waals surface area contributed by atoms with Crippen molar-refractivity contribution in [1.82, 2.24) is 4.90 Å². The highest BCUT2D eigenvalue weighted by Crippen LogP contribution is 2.20. The molecule has 0 aliphatic carbocycles. The molecule has 5 nitrogen and oxygen atoms in total. The highest BCUT2D eigenvalue weighted by atomic mass is 16.5. The Morgan fingerprint density at radius 2 is 2.19 bits per heavy atom. The number of aromatic hydroxyl groups is 1. The number of carbonyl (C=O) groups excluding carboxylic acids is 2. The van der Waals surface area contributed by atoms with Crippen molar-refractivity contribution in [2.45, 2.75) is 26.7 Å². The lowest BCUT2D eigenvalue weighted by molar-refractivity contribution is -0.136. The summed E-state index contributed by atoms with van der Waals surface area (Å²) in [6.07, 6.45) is 2.11. The molecule has 0 bridgehead atoms. The molecular formula is C16H21NO4. The number of esters is 1. The summed E-state index contributed by atoms with van der Waals surface area (Å²) in [5.41, 5.74) is 0.933. The van der Waals surface area contributed by atoms with Crippen LogP contribution in [-0.2, 0) is 9.53 Å². The number of piperidine rings is 1. The number of nitrogens with zero attached hydrogens (tertiary/aromatic N) is 1. The minimum atomic E-state index is -0.675. The van der Waals surface area contributed by atoms with Crippen molar-refractivity contribution in [3.8, 4) is 5.75 Å². The van der Waals surface area contributed by atoms with E-state index in [1.54, 1.807) is 11.0 Å². The van der Waals surface area contributed by atoms with Gasteiger partial charge in [-0.25, -0.2) is 4.79 Å². The van der Waals surface area contributed by atoms with E-state index >= 15 is 0 Å². The zero-order valence-corrected chi connectivity index (χ0v) is 12.5. The lowest BCUT2D eigenvalue weighted by Crippen LogP contribution is -2.41. The second-order valence-corrected chi connectivity index (χ2v) is 5.68. The quantitative estimate of drug-likeness (QED) is 0.866. The van der Waals surface area contributed by atoms with E-state index < -0.39 is 5.97 Å². The molecular weight excluding hydrogens is 270 g/mol. The number of likely N-dealkylation sites (tertiary alicyclic amines) is 1. The highest BCUT2D eigenvalue weighted by Gasteiger charge is 2.22. The van der Waals surface area contributed by atoms with E-state index in [0.29, 0.717) is 12.5 Å². The zero-order valence-electron chi connectivity index (χ0n) is 12.5. The molecule has 1 amide bonds. The Hall–Kier alpha value is -2.04. The van der Waals surface area contributed by atoms with Gasteiger partial charge >= 0.3 is 5.97 Å². The standard InChI is InChI=1S/C16H21NO4/c1-11-5-6-13(14(18)8-11)16(20)21-10-15(19)17-7-3-4-12(2)9-17/h5-6,8,12,18H,3-4,7,9-10H2,1-2H3/t12-/m0/s1. The number of hydrogen-bond donors (Lipinski definition) is 1. The molecule has 1 aromatic rings. The summed E-state index contributed by atoms with van der Waals surface area (Å²) >= 11 is 0. The molecule has 1 aliphatic rings. The van der Waals surface area contributed by atoms with Gasteiger partial charge in [0.1, 0.15) is 11.3 Å². The molecule has 114 valence electrons. The molecule has 0 unspecified atom stereocenters. The molecule has 21 heavy (non-hydrogen) atoms. The van der Waals surface area contributed by atoms with Gasteiger partial charge in [-0.05, 0) is 43.4 Å². The zero-order chi connectivity index (χ0) is 15.4. The summed E-state index contributed by atoms with van der Waals surface area (Å²) in [5, 5.41) is 9.71. The molecule has 1 N–H and O–H groups in total. The van der Waals surface area contributed by atoms with Crippen molar-refractivity contribution >= 4 is 11.9 Å². The van der Waals surface area contributed by atoms with E-state index in [-0.39, 0.29) is 23.8 Å². The number of rotatable bonds is 3. The van der Waals surface area contributed by atoms with Gasteiger partial charge in [0.25, 0.3) is 5.91 Å². The monoisotopic (exact) mass is 291 g/mol. The third-order valence-electron chi connectivity index (χ3n) is 3.71. The topological polar surface area (TPSA) is 66.8 Å². The van der Waals surface area contributed by atoms with Gasteiger partial charge in [-0.15, -0.1) is 0 Å².